The largest absolute Gasteiger partial charge is 0.462 e. The lowest BCUT2D eigenvalue weighted by Crippen LogP contribution is -2.33. The second kappa shape index (κ2) is 5.94. The third kappa shape index (κ3) is 2.43. The molecule has 0 spiro atoms. The molecule has 0 unspecified atom stereocenters. The number of H-pyrrole nitrogens is 1. The third-order valence-corrected chi connectivity index (χ3v) is 5.78. The minimum atomic E-state index is -0.554. The second-order valence-corrected chi connectivity index (χ2v) is 7.36. The minimum absolute atomic E-state index is 0.304. The summed E-state index contributed by atoms with van der Waals surface area (Å²) in [5.41, 5.74) is 1.03. The molecule has 132 valence electrons. The summed E-state index contributed by atoms with van der Waals surface area (Å²) in [5.74, 6) is 0. The first-order valence-electron chi connectivity index (χ1n) is 7.99. The summed E-state index contributed by atoms with van der Waals surface area (Å²) >= 11 is 7.55. The normalized spacial score (nSPS) is 11.4. The maximum absolute atomic E-state index is 13.1. The zero-order chi connectivity index (χ0) is 18.5. The highest BCUT2D eigenvalue weighted by molar-refractivity contribution is 7.22. The minimum Gasteiger partial charge on any atom is -0.462 e. The van der Waals surface area contributed by atoms with Crippen molar-refractivity contribution in [2.45, 2.75) is 0 Å². The van der Waals surface area contributed by atoms with Crippen LogP contribution in [-0.2, 0) is 0 Å². The van der Waals surface area contributed by atoms with Crippen LogP contribution in [0.3, 0.4) is 0 Å². The first kappa shape index (κ1) is 16.0. The standard InChI is InChI=1S/C19H10ClN3O3S/c20-12-4-2-1-3-11(12)15-7-13-17(27-15)18(24)23(19(25)22-13)14-9-21-8-10-5-6-26-16(10)14/h1-9H,(H,22,25). The summed E-state index contributed by atoms with van der Waals surface area (Å²) in [5, 5.41) is 1.29. The molecule has 0 aliphatic rings. The SMILES string of the molecule is O=c1[nH]c2cc(-c3ccccc3Cl)sc2c(=O)n1-c1cncc2ccoc12. The van der Waals surface area contributed by atoms with Gasteiger partial charge in [0.15, 0.2) is 5.58 Å². The Morgan fingerprint density at radius 1 is 1.15 bits per heavy atom. The second-order valence-electron chi connectivity index (χ2n) is 5.90. The molecule has 6 nitrogen and oxygen atoms in total. The fourth-order valence-electron chi connectivity index (χ4n) is 3.06. The molecule has 0 aliphatic carbocycles. The number of aromatic amines is 1. The Labute approximate surface area is 160 Å². The van der Waals surface area contributed by atoms with Crippen LogP contribution in [0.1, 0.15) is 0 Å². The predicted octanol–water partition coefficient (Wildman–Crippen LogP) is 4.20. The number of benzene rings is 1. The van der Waals surface area contributed by atoms with Gasteiger partial charge >= 0.3 is 5.69 Å². The van der Waals surface area contributed by atoms with Crippen LogP contribution in [-0.4, -0.2) is 14.5 Å². The molecule has 0 saturated carbocycles. The number of fused-ring (bicyclic) bond motifs is 2. The quantitative estimate of drug-likeness (QED) is 0.485. The summed E-state index contributed by atoms with van der Waals surface area (Å²) < 4.78 is 6.92. The Hall–Kier alpha value is -3.16. The Morgan fingerprint density at radius 2 is 2.00 bits per heavy atom. The van der Waals surface area contributed by atoms with Crippen LogP contribution in [0.5, 0.6) is 0 Å². The molecule has 1 N–H and O–H groups in total. The van der Waals surface area contributed by atoms with Crippen molar-refractivity contribution in [2.75, 3.05) is 0 Å². The third-order valence-electron chi connectivity index (χ3n) is 4.29. The summed E-state index contributed by atoms with van der Waals surface area (Å²) in [4.78, 5) is 33.4. The molecule has 0 aliphatic heterocycles. The Balaban J connectivity index is 1.81. The molecule has 1 aromatic carbocycles. The molecule has 5 rings (SSSR count). The van der Waals surface area contributed by atoms with Gasteiger partial charge in [-0.25, -0.2) is 9.36 Å². The monoisotopic (exact) mass is 395 g/mol. The molecule has 5 aromatic rings. The van der Waals surface area contributed by atoms with E-state index in [9.17, 15) is 9.59 Å². The van der Waals surface area contributed by atoms with Gasteiger partial charge in [0.05, 0.1) is 18.0 Å². The molecule has 0 radical (unpaired) electrons. The average Bonchev–Trinajstić information content (AvgIpc) is 3.29. The predicted molar refractivity (Wildman–Crippen MR) is 106 cm³/mol. The zero-order valence-corrected chi connectivity index (χ0v) is 15.2. The molecule has 0 saturated heterocycles. The lowest BCUT2D eigenvalue weighted by Gasteiger charge is -2.04. The van der Waals surface area contributed by atoms with E-state index >= 15 is 0 Å². The van der Waals surface area contributed by atoms with E-state index in [0.717, 1.165) is 15.0 Å². The first-order chi connectivity index (χ1) is 13.1. The lowest BCUT2D eigenvalue weighted by molar-refractivity contribution is 0.611. The number of furan rings is 1. The van der Waals surface area contributed by atoms with E-state index in [1.54, 1.807) is 24.4 Å². The van der Waals surface area contributed by atoms with Crippen molar-refractivity contribution < 1.29 is 4.42 Å². The van der Waals surface area contributed by atoms with Crippen molar-refractivity contribution in [3.05, 3.63) is 80.9 Å². The van der Waals surface area contributed by atoms with E-state index in [2.05, 4.69) is 9.97 Å². The molecule has 0 bridgehead atoms. The van der Waals surface area contributed by atoms with Crippen LogP contribution in [0.15, 0.2) is 69.1 Å². The summed E-state index contributed by atoms with van der Waals surface area (Å²) in [7, 11) is 0. The van der Waals surface area contributed by atoms with Crippen LogP contribution in [0.25, 0.3) is 37.3 Å². The van der Waals surface area contributed by atoms with Crippen LogP contribution >= 0.6 is 22.9 Å². The number of hydrogen-bond acceptors (Lipinski definition) is 5. The van der Waals surface area contributed by atoms with Crippen molar-refractivity contribution in [3.8, 4) is 16.1 Å². The Bertz CT molecular complexity index is 1440. The molecular formula is C19H10ClN3O3S. The number of hydrogen-bond donors (Lipinski definition) is 1. The van der Waals surface area contributed by atoms with Crippen molar-refractivity contribution in [3.63, 3.8) is 0 Å². The zero-order valence-electron chi connectivity index (χ0n) is 13.6. The van der Waals surface area contributed by atoms with E-state index in [0.29, 0.717) is 31.9 Å². The number of thiophene rings is 1. The van der Waals surface area contributed by atoms with Gasteiger partial charge in [-0.15, -0.1) is 11.3 Å². The van der Waals surface area contributed by atoms with Crippen molar-refractivity contribution >= 4 is 44.1 Å². The highest BCUT2D eigenvalue weighted by Gasteiger charge is 2.17. The summed E-state index contributed by atoms with van der Waals surface area (Å²) in [6.07, 6.45) is 4.55. The van der Waals surface area contributed by atoms with Crippen LogP contribution in [0.4, 0.5) is 0 Å². The van der Waals surface area contributed by atoms with Gasteiger partial charge in [-0.2, -0.15) is 0 Å². The van der Waals surface area contributed by atoms with E-state index in [4.69, 9.17) is 16.0 Å². The van der Waals surface area contributed by atoms with Crippen molar-refractivity contribution in [1.29, 1.82) is 0 Å². The molecule has 4 aromatic heterocycles. The van der Waals surface area contributed by atoms with E-state index in [1.807, 2.05) is 18.2 Å². The number of aromatic nitrogens is 3. The molecule has 0 amide bonds. The topological polar surface area (TPSA) is 80.9 Å². The highest BCUT2D eigenvalue weighted by atomic mass is 35.5. The Kier molecular flexibility index (Phi) is 3.53. The molecule has 0 atom stereocenters. The van der Waals surface area contributed by atoms with Crippen LogP contribution < -0.4 is 11.2 Å². The van der Waals surface area contributed by atoms with Gasteiger partial charge in [-0.05, 0) is 18.2 Å². The van der Waals surface area contributed by atoms with Gasteiger partial charge in [0.2, 0.25) is 0 Å². The number of halogens is 1. The molecular weight excluding hydrogens is 386 g/mol. The summed E-state index contributed by atoms with van der Waals surface area (Å²) in [6, 6.07) is 10.9. The molecule has 27 heavy (non-hydrogen) atoms. The number of nitrogens with one attached hydrogen (secondary N) is 1. The van der Waals surface area contributed by atoms with E-state index in [-0.39, 0.29) is 0 Å². The lowest BCUT2D eigenvalue weighted by atomic mass is 10.2. The highest BCUT2D eigenvalue weighted by Crippen LogP contribution is 2.35. The van der Waals surface area contributed by atoms with Gasteiger partial charge < -0.3 is 9.40 Å². The summed E-state index contributed by atoms with van der Waals surface area (Å²) in [6.45, 7) is 0. The fraction of sp³-hybridized carbons (Fsp3) is 0. The van der Waals surface area contributed by atoms with Gasteiger partial charge in [0.1, 0.15) is 10.4 Å². The van der Waals surface area contributed by atoms with Crippen molar-refractivity contribution in [1.82, 2.24) is 14.5 Å². The number of pyridine rings is 1. The van der Waals surface area contributed by atoms with Gasteiger partial charge in [0, 0.05) is 27.0 Å². The first-order valence-corrected chi connectivity index (χ1v) is 9.18. The molecule has 8 heteroatoms. The maximum atomic E-state index is 13.1. The smallest absolute Gasteiger partial charge is 0.333 e. The van der Waals surface area contributed by atoms with Gasteiger partial charge in [-0.3, -0.25) is 9.78 Å². The van der Waals surface area contributed by atoms with Gasteiger partial charge in [-0.1, -0.05) is 29.8 Å². The molecule has 0 fully saturated rings. The Morgan fingerprint density at radius 3 is 2.85 bits per heavy atom. The maximum Gasteiger partial charge on any atom is 0.333 e. The van der Waals surface area contributed by atoms with E-state index < -0.39 is 11.2 Å². The fourth-order valence-corrected chi connectivity index (χ4v) is 4.43. The van der Waals surface area contributed by atoms with Crippen molar-refractivity contribution in [2.24, 2.45) is 0 Å². The molecule has 4 heterocycles. The van der Waals surface area contributed by atoms with Crippen LogP contribution in [0, 0.1) is 0 Å². The van der Waals surface area contributed by atoms with Crippen LogP contribution in [0.2, 0.25) is 5.02 Å². The number of nitrogens with zero attached hydrogens (tertiary/aromatic N) is 2. The number of rotatable bonds is 2. The average molecular weight is 396 g/mol. The van der Waals surface area contributed by atoms with Gasteiger partial charge in [0.25, 0.3) is 5.56 Å². The van der Waals surface area contributed by atoms with E-state index in [1.165, 1.54) is 23.8 Å².